The van der Waals surface area contributed by atoms with Gasteiger partial charge >= 0.3 is 0 Å². The number of hydrogen-bond acceptors (Lipinski definition) is 4. The Morgan fingerprint density at radius 3 is 2.10 bits per heavy atom. The van der Waals surface area contributed by atoms with Gasteiger partial charge in [-0.15, -0.1) is 0 Å². The first-order valence-corrected chi connectivity index (χ1v) is 9.84. The Balaban J connectivity index is 1.36. The number of carbonyl (C=O) groups is 1. The lowest BCUT2D eigenvalue weighted by Gasteiger charge is -2.37. The third-order valence-corrected chi connectivity index (χ3v) is 5.23. The van der Waals surface area contributed by atoms with E-state index in [1.165, 1.54) is 5.69 Å². The van der Waals surface area contributed by atoms with Gasteiger partial charge in [-0.2, -0.15) is 0 Å². The SMILES string of the molecule is COc1ccccc1N1CCN(c2ccc(NC(=O)c3ccccc3)cc2)CC1. The molecule has 1 fully saturated rings. The highest BCUT2D eigenvalue weighted by Crippen LogP contribution is 2.29. The smallest absolute Gasteiger partial charge is 0.255 e. The highest BCUT2D eigenvalue weighted by molar-refractivity contribution is 6.04. The minimum Gasteiger partial charge on any atom is -0.495 e. The lowest BCUT2D eigenvalue weighted by atomic mass is 10.2. The molecule has 0 unspecified atom stereocenters. The lowest BCUT2D eigenvalue weighted by Crippen LogP contribution is -2.46. The van der Waals surface area contributed by atoms with Gasteiger partial charge in [0.1, 0.15) is 5.75 Å². The van der Waals surface area contributed by atoms with Crippen molar-refractivity contribution in [2.24, 2.45) is 0 Å². The number of anilines is 3. The van der Waals surface area contributed by atoms with Gasteiger partial charge in [0.05, 0.1) is 12.8 Å². The summed E-state index contributed by atoms with van der Waals surface area (Å²) in [6, 6.07) is 25.5. The number of para-hydroxylation sites is 2. The second-order valence-electron chi connectivity index (χ2n) is 7.01. The Hall–Kier alpha value is -3.47. The van der Waals surface area contributed by atoms with Crippen LogP contribution in [-0.4, -0.2) is 39.2 Å². The van der Waals surface area contributed by atoms with Crippen LogP contribution in [0.25, 0.3) is 0 Å². The molecule has 1 aliphatic heterocycles. The molecular weight excluding hydrogens is 362 g/mol. The van der Waals surface area contributed by atoms with E-state index in [0.29, 0.717) is 5.56 Å². The first-order chi connectivity index (χ1) is 14.2. The molecule has 1 aliphatic rings. The highest BCUT2D eigenvalue weighted by atomic mass is 16.5. The Labute approximate surface area is 171 Å². The summed E-state index contributed by atoms with van der Waals surface area (Å²) >= 11 is 0. The van der Waals surface area contributed by atoms with E-state index >= 15 is 0 Å². The molecule has 5 nitrogen and oxygen atoms in total. The number of piperazine rings is 1. The molecule has 0 aromatic heterocycles. The number of methoxy groups -OCH3 is 1. The van der Waals surface area contributed by atoms with Crippen molar-refractivity contribution in [3.63, 3.8) is 0 Å². The fourth-order valence-electron chi connectivity index (χ4n) is 3.64. The Kier molecular flexibility index (Phi) is 5.66. The van der Waals surface area contributed by atoms with Crippen LogP contribution in [0.5, 0.6) is 5.75 Å². The van der Waals surface area contributed by atoms with Gasteiger partial charge in [0.2, 0.25) is 0 Å². The number of amides is 1. The maximum atomic E-state index is 12.3. The second kappa shape index (κ2) is 8.69. The van der Waals surface area contributed by atoms with Crippen LogP contribution in [0, 0.1) is 0 Å². The van der Waals surface area contributed by atoms with Crippen LogP contribution in [-0.2, 0) is 0 Å². The molecule has 0 aliphatic carbocycles. The molecule has 1 saturated heterocycles. The van der Waals surface area contributed by atoms with Gasteiger partial charge in [-0.3, -0.25) is 4.79 Å². The van der Waals surface area contributed by atoms with E-state index in [2.05, 4.69) is 33.3 Å². The summed E-state index contributed by atoms with van der Waals surface area (Å²) in [7, 11) is 1.72. The molecule has 0 spiro atoms. The lowest BCUT2D eigenvalue weighted by molar-refractivity contribution is 0.102. The van der Waals surface area contributed by atoms with Crippen molar-refractivity contribution in [1.29, 1.82) is 0 Å². The van der Waals surface area contributed by atoms with Crippen molar-refractivity contribution in [3.8, 4) is 5.75 Å². The molecule has 1 N–H and O–H groups in total. The molecule has 148 valence electrons. The van der Waals surface area contributed by atoms with Gasteiger partial charge in [0, 0.05) is 43.1 Å². The Morgan fingerprint density at radius 2 is 1.41 bits per heavy atom. The largest absolute Gasteiger partial charge is 0.495 e. The topological polar surface area (TPSA) is 44.8 Å². The fraction of sp³-hybridized carbons (Fsp3) is 0.208. The molecule has 4 rings (SSSR count). The predicted octanol–water partition coefficient (Wildman–Crippen LogP) is 4.27. The molecule has 1 heterocycles. The van der Waals surface area contributed by atoms with Gasteiger partial charge in [-0.25, -0.2) is 0 Å². The minimum atomic E-state index is -0.0937. The number of nitrogens with one attached hydrogen (secondary N) is 1. The van der Waals surface area contributed by atoms with E-state index < -0.39 is 0 Å². The summed E-state index contributed by atoms with van der Waals surface area (Å²) in [5, 5.41) is 2.95. The summed E-state index contributed by atoms with van der Waals surface area (Å²) in [4.78, 5) is 17.0. The normalized spacial score (nSPS) is 13.8. The molecule has 29 heavy (non-hydrogen) atoms. The molecule has 0 radical (unpaired) electrons. The van der Waals surface area contributed by atoms with Crippen molar-refractivity contribution < 1.29 is 9.53 Å². The first-order valence-electron chi connectivity index (χ1n) is 9.84. The zero-order valence-electron chi connectivity index (χ0n) is 16.5. The Morgan fingerprint density at radius 1 is 0.793 bits per heavy atom. The number of carbonyl (C=O) groups excluding carboxylic acids is 1. The molecular formula is C24H25N3O2. The molecule has 0 atom stereocenters. The molecule has 3 aromatic carbocycles. The fourth-order valence-corrected chi connectivity index (χ4v) is 3.64. The van der Waals surface area contributed by atoms with Crippen molar-refractivity contribution in [2.75, 3.05) is 48.4 Å². The van der Waals surface area contributed by atoms with Crippen LogP contribution in [0.15, 0.2) is 78.9 Å². The molecule has 0 bridgehead atoms. The minimum absolute atomic E-state index is 0.0937. The van der Waals surface area contributed by atoms with E-state index in [4.69, 9.17) is 4.74 Å². The van der Waals surface area contributed by atoms with Crippen LogP contribution in [0.4, 0.5) is 17.1 Å². The number of nitrogens with zero attached hydrogens (tertiary/aromatic N) is 2. The number of benzene rings is 3. The van der Waals surface area contributed by atoms with Gasteiger partial charge in [0.15, 0.2) is 0 Å². The summed E-state index contributed by atoms with van der Waals surface area (Å²) in [5.41, 5.74) is 3.77. The van der Waals surface area contributed by atoms with E-state index in [0.717, 1.165) is 43.3 Å². The molecule has 5 heteroatoms. The zero-order valence-corrected chi connectivity index (χ0v) is 16.5. The van der Waals surface area contributed by atoms with E-state index in [1.807, 2.05) is 60.7 Å². The standard InChI is InChI=1S/C24H25N3O2/c1-29-23-10-6-5-9-22(23)27-17-15-26(16-18-27)21-13-11-20(12-14-21)25-24(28)19-7-3-2-4-8-19/h2-14H,15-18H2,1H3,(H,25,28). The summed E-state index contributed by atoms with van der Waals surface area (Å²) in [6.07, 6.45) is 0. The summed E-state index contributed by atoms with van der Waals surface area (Å²) in [6.45, 7) is 3.75. The quantitative estimate of drug-likeness (QED) is 0.710. The molecule has 3 aromatic rings. The van der Waals surface area contributed by atoms with Crippen molar-refractivity contribution in [1.82, 2.24) is 0 Å². The zero-order chi connectivity index (χ0) is 20.1. The number of ether oxygens (including phenoxy) is 1. The average Bonchev–Trinajstić information content (AvgIpc) is 2.80. The van der Waals surface area contributed by atoms with Crippen molar-refractivity contribution >= 4 is 23.0 Å². The molecule has 1 amide bonds. The summed E-state index contributed by atoms with van der Waals surface area (Å²) < 4.78 is 5.50. The second-order valence-corrected chi connectivity index (χ2v) is 7.01. The van der Waals surface area contributed by atoms with Gasteiger partial charge in [0.25, 0.3) is 5.91 Å². The van der Waals surface area contributed by atoms with Crippen molar-refractivity contribution in [3.05, 3.63) is 84.4 Å². The predicted molar refractivity (Wildman–Crippen MR) is 118 cm³/mol. The molecule has 0 saturated carbocycles. The van der Waals surface area contributed by atoms with Crippen LogP contribution >= 0.6 is 0 Å². The number of rotatable bonds is 5. The monoisotopic (exact) mass is 387 g/mol. The van der Waals surface area contributed by atoms with E-state index in [1.54, 1.807) is 7.11 Å². The number of hydrogen-bond donors (Lipinski definition) is 1. The Bertz CT molecular complexity index is 949. The van der Waals surface area contributed by atoms with Crippen LogP contribution < -0.4 is 19.9 Å². The first kappa shape index (κ1) is 18.9. The van der Waals surface area contributed by atoms with Gasteiger partial charge < -0.3 is 19.9 Å². The van der Waals surface area contributed by atoms with Crippen LogP contribution in [0.1, 0.15) is 10.4 Å². The van der Waals surface area contributed by atoms with Crippen LogP contribution in [0.2, 0.25) is 0 Å². The van der Waals surface area contributed by atoms with Crippen molar-refractivity contribution in [2.45, 2.75) is 0 Å². The van der Waals surface area contributed by atoms with E-state index in [9.17, 15) is 4.79 Å². The van der Waals surface area contributed by atoms with Crippen LogP contribution in [0.3, 0.4) is 0 Å². The third kappa shape index (κ3) is 4.35. The summed E-state index contributed by atoms with van der Waals surface area (Å²) in [5.74, 6) is 0.822. The average molecular weight is 387 g/mol. The maximum Gasteiger partial charge on any atom is 0.255 e. The van der Waals surface area contributed by atoms with Gasteiger partial charge in [-0.05, 0) is 48.5 Å². The third-order valence-electron chi connectivity index (χ3n) is 5.23. The highest BCUT2D eigenvalue weighted by Gasteiger charge is 2.19. The van der Waals surface area contributed by atoms with Gasteiger partial charge in [-0.1, -0.05) is 30.3 Å². The maximum absolute atomic E-state index is 12.3. The van der Waals surface area contributed by atoms with E-state index in [-0.39, 0.29) is 5.91 Å².